The number of nitrogens with one attached hydrogen (secondary N) is 2. The molecule has 1 heterocycles. The van der Waals surface area contributed by atoms with Crippen molar-refractivity contribution in [2.45, 2.75) is 20.8 Å². The molecule has 1 aromatic heterocycles. The second kappa shape index (κ2) is 8.56. The summed E-state index contributed by atoms with van der Waals surface area (Å²) in [6.07, 6.45) is 0. The highest BCUT2D eigenvalue weighted by Crippen LogP contribution is 2.36. The summed E-state index contributed by atoms with van der Waals surface area (Å²) in [7, 11) is 0. The molecule has 7 heteroatoms. The predicted octanol–water partition coefficient (Wildman–Crippen LogP) is 4.57. The maximum absolute atomic E-state index is 13.9. The Morgan fingerprint density at radius 2 is 1.82 bits per heavy atom. The lowest BCUT2D eigenvalue weighted by atomic mass is 10.0. The van der Waals surface area contributed by atoms with Crippen LogP contribution >= 0.6 is 0 Å². The normalized spacial score (nSPS) is 10.6. The molecule has 0 unspecified atom stereocenters. The summed E-state index contributed by atoms with van der Waals surface area (Å²) in [4.78, 5) is 12.5. The minimum Gasteiger partial charge on any atom is -0.490 e. The zero-order chi connectivity index (χ0) is 20.1. The lowest BCUT2D eigenvalue weighted by molar-refractivity contribution is 0.102. The Hall–Kier alpha value is -3.35. The highest BCUT2D eigenvalue weighted by Gasteiger charge is 2.19. The number of carbonyl (C=O) groups is 1. The first-order valence-electron chi connectivity index (χ1n) is 9.06. The molecule has 0 fully saturated rings. The van der Waals surface area contributed by atoms with Crippen molar-refractivity contribution >= 4 is 11.7 Å². The number of carbonyl (C=O) groups excluding carboxylic acids is 1. The van der Waals surface area contributed by atoms with Gasteiger partial charge in [-0.2, -0.15) is 5.10 Å². The molecule has 0 bridgehead atoms. The second-order valence-corrected chi connectivity index (χ2v) is 6.03. The standard InChI is InChI=1S/C21H22FN3O3/c1-4-27-17-11-10-14(12-18(17)28-5-2)19-13(3)24-25-20(19)23-21(26)15-8-6-7-9-16(15)22/h6-12H,4-5H2,1-3H3,(H2,23,24,25,26). The zero-order valence-corrected chi connectivity index (χ0v) is 16.0. The quantitative estimate of drug-likeness (QED) is 0.626. The molecule has 3 aromatic rings. The van der Waals surface area contributed by atoms with E-state index in [4.69, 9.17) is 9.47 Å². The average Bonchev–Trinajstić information content (AvgIpc) is 3.04. The fourth-order valence-corrected chi connectivity index (χ4v) is 2.90. The molecule has 146 valence electrons. The maximum Gasteiger partial charge on any atom is 0.259 e. The summed E-state index contributed by atoms with van der Waals surface area (Å²) in [6.45, 7) is 6.66. The van der Waals surface area contributed by atoms with E-state index >= 15 is 0 Å². The van der Waals surface area contributed by atoms with Crippen LogP contribution in [0.5, 0.6) is 11.5 Å². The fourth-order valence-electron chi connectivity index (χ4n) is 2.90. The number of aromatic nitrogens is 2. The number of aromatic amines is 1. The SMILES string of the molecule is CCOc1ccc(-c2c(NC(=O)c3ccccc3F)n[nH]c2C)cc1OCC. The monoisotopic (exact) mass is 383 g/mol. The highest BCUT2D eigenvalue weighted by atomic mass is 19.1. The third-order valence-electron chi connectivity index (χ3n) is 4.13. The number of H-pyrrole nitrogens is 1. The van der Waals surface area contributed by atoms with E-state index in [1.807, 2.05) is 39.0 Å². The topological polar surface area (TPSA) is 76.2 Å². The number of halogens is 1. The molecule has 6 nitrogen and oxygen atoms in total. The Bertz CT molecular complexity index is 985. The molecule has 0 atom stereocenters. The molecule has 3 rings (SSSR count). The van der Waals surface area contributed by atoms with Crippen molar-refractivity contribution in [2.75, 3.05) is 18.5 Å². The molecule has 0 saturated heterocycles. The van der Waals surface area contributed by atoms with Crippen LogP contribution in [-0.4, -0.2) is 29.3 Å². The van der Waals surface area contributed by atoms with Crippen LogP contribution in [0.3, 0.4) is 0 Å². The van der Waals surface area contributed by atoms with Crippen molar-refractivity contribution in [2.24, 2.45) is 0 Å². The molecular formula is C21H22FN3O3. The number of rotatable bonds is 7. The number of nitrogens with zero attached hydrogens (tertiary/aromatic N) is 1. The van der Waals surface area contributed by atoms with Gasteiger partial charge in [-0.3, -0.25) is 9.89 Å². The summed E-state index contributed by atoms with van der Waals surface area (Å²) in [5, 5.41) is 9.72. The van der Waals surface area contributed by atoms with Gasteiger partial charge in [-0.15, -0.1) is 0 Å². The zero-order valence-electron chi connectivity index (χ0n) is 16.0. The van der Waals surface area contributed by atoms with Gasteiger partial charge in [-0.1, -0.05) is 18.2 Å². The molecule has 0 aliphatic rings. The van der Waals surface area contributed by atoms with Crippen molar-refractivity contribution in [3.05, 3.63) is 59.5 Å². The van der Waals surface area contributed by atoms with E-state index in [0.717, 1.165) is 11.3 Å². The second-order valence-electron chi connectivity index (χ2n) is 6.03. The van der Waals surface area contributed by atoms with E-state index in [0.29, 0.717) is 36.1 Å². The average molecular weight is 383 g/mol. The van der Waals surface area contributed by atoms with Gasteiger partial charge in [0.1, 0.15) is 5.82 Å². The van der Waals surface area contributed by atoms with Crippen LogP contribution in [0.15, 0.2) is 42.5 Å². The summed E-state index contributed by atoms with van der Waals surface area (Å²) in [6, 6.07) is 11.3. The molecule has 2 aromatic carbocycles. The molecule has 28 heavy (non-hydrogen) atoms. The van der Waals surface area contributed by atoms with E-state index in [-0.39, 0.29) is 5.56 Å². The van der Waals surface area contributed by atoms with Gasteiger partial charge in [-0.05, 0) is 50.6 Å². The first-order chi connectivity index (χ1) is 13.5. The van der Waals surface area contributed by atoms with E-state index in [2.05, 4.69) is 15.5 Å². The van der Waals surface area contributed by atoms with Gasteiger partial charge in [0, 0.05) is 11.3 Å². The van der Waals surface area contributed by atoms with Crippen LogP contribution in [0.4, 0.5) is 10.2 Å². The third-order valence-corrected chi connectivity index (χ3v) is 4.13. The number of aryl methyl sites for hydroxylation is 1. The lowest BCUT2D eigenvalue weighted by Gasteiger charge is -2.13. The Morgan fingerprint density at radius 3 is 2.54 bits per heavy atom. The lowest BCUT2D eigenvalue weighted by Crippen LogP contribution is -2.14. The van der Waals surface area contributed by atoms with Crippen molar-refractivity contribution in [1.82, 2.24) is 10.2 Å². The summed E-state index contributed by atoms with van der Waals surface area (Å²) < 4.78 is 25.2. The summed E-state index contributed by atoms with van der Waals surface area (Å²) >= 11 is 0. The fraction of sp³-hybridized carbons (Fsp3) is 0.238. The van der Waals surface area contributed by atoms with Crippen molar-refractivity contribution < 1.29 is 18.7 Å². The molecule has 0 spiro atoms. The smallest absolute Gasteiger partial charge is 0.259 e. The number of ether oxygens (including phenoxy) is 2. The predicted molar refractivity (Wildman–Crippen MR) is 105 cm³/mol. The van der Waals surface area contributed by atoms with E-state index < -0.39 is 11.7 Å². The van der Waals surface area contributed by atoms with Gasteiger partial charge < -0.3 is 14.8 Å². The van der Waals surface area contributed by atoms with Gasteiger partial charge >= 0.3 is 0 Å². The first-order valence-corrected chi connectivity index (χ1v) is 9.06. The highest BCUT2D eigenvalue weighted by molar-refractivity contribution is 6.06. The van der Waals surface area contributed by atoms with Crippen molar-refractivity contribution in [3.63, 3.8) is 0 Å². The maximum atomic E-state index is 13.9. The number of anilines is 1. The summed E-state index contributed by atoms with van der Waals surface area (Å²) in [5.41, 5.74) is 2.21. The largest absolute Gasteiger partial charge is 0.490 e. The van der Waals surface area contributed by atoms with Crippen molar-refractivity contribution in [1.29, 1.82) is 0 Å². The van der Waals surface area contributed by atoms with Crippen LogP contribution in [-0.2, 0) is 0 Å². The van der Waals surface area contributed by atoms with Crippen LogP contribution in [0.2, 0.25) is 0 Å². The van der Waals surface area contributed by atoms with Gasteiger partial charge in [0.2, 0.25) is 0 Å². The Balaban J connectivity index is 1.96. The molecule has 1 amide bonds. The number of amides is 1. The molecular weight excluding hydrogens is 361 g/mol. The van der Waals surface area contributed by atoms with Crippen molar-refractivity contribution in [3.8, 4) is 22.6 Å². The van der Waals surface area contributed by atoms with E-state index in [1.54, 1.807) is 6.07 Å². The van der Waals surface area contributed by atoms with Crippen LogP contribution in [0, 0.1) is 12.7 Å². The van der Waals surface area contributed by atoms with Gasteiger partial charge in [0.15, 0.2) is 17.3 Å². The minimum atomic E-state index is -0.589. The summed E-state index contributed by atoms with van der Waals surface area (Å²) in [5.74, 6) is 0.410. The molecule has 0 radical (unpaired) electrons. The Labute approximate surface area is 162 Å². The van der Waals surface area contributed by atoms with E-state index in [1.165, 1.54) is 18.2 Å². The molecule has 0 aliphatic carbocycles. The van der Waals surface area contributed by atoms with Crippen LogP contribution < -0.4 is 14.8 Å². The van der Waals surface area contributed by atoms with E-state index in [9.17, 15) is 9.18 Å². The first kappa shape index (κ1) is 19.4. The van der Waals surface area contributed by atoms with Crippen LogP contribution in [0.1, 0.15) is 29.9 Å². The minimum absolute atomic E-state index is 0.0456. The Kier molecular flexibility index (Phi) is 5.93. The van der Waals surface area contributed by atoms with Gasteiger partial charge in [0.05, 0.1) is 18.8 Å². The number of benzene rings is 2. The molecule has 0 aliphatic heterocycles. The Morgan fingerprint density at radius 1 is 1.11 bits per heavy atom. The molecule has 0 saturated carbocycles. The number of hydrogen-bond donors (Lipinski definition) is 2. The molecule has 2 N–H and O–H groups in total. The number of hydrogen-bond acceptors (Lipinski definition) is 4. The van der Waals surface area contributed by atoms with Gasteiger partial charge in [-0.25, -0.2) is 4.39 Å². The third kappa shape index (κ3) is 3.98. The van der Waals surface area contributed by atoms with Gasteiger partial charge in [0.25, 0.3) is 5.91 Å². The van der Waals surface area contributed by atoms with Crippen LogP contribution in [0.25, 0.3) is 11.1 Å².